The topological polar surface area (TPSA) is 103 Å². The zero-order valence-corrected chi connectivity index (χ0v) is 13.3. The van der Waals surface area contributed by atoms with E-state index in [0.717, 1.165) is 6.20 Å². The third-order valence-corrected chi connectivity index (χ3v) is 3.45. The smallest absolute Gasteiger partial charge is 0.339 e. The summed E-state index contributed by atoms with van der Waals surface area (Å²) < 4.78 is 6.29. The number of halogens is 2. The fourth-order valence-electron chi connectivity index (χ4n) is 1.45. The van der Waals surface area contributed by atoms with E-state index < -0.39 is 10.9 Å². The lowest BCUT2D eigenvalue weighted by molar-refractivity contribution is -0.385. The van der Waals surface area contributed by atoms with Crippen LogP contribution >= 0.6 is 31.9 Å². The molecule has 7 nitrogen and oxygen atoms in total. The van der Waals surface area contributed by atoms with Gasteiger partial charge in [-0.25, -0.2) is 9.78 Å². The van der Waals surface area contributed by atoms with Crippen molar-refractivity contribution < 1.29 is 19.6 Å². The summed E-state index contributed by atoms with van der Waals surface area (Å²) in [5.74, 6) is -1.06. The number of pyridine rings is 1. The Labute approximate surface area is 135 Å². The summed E-state index contributed by atoms with van der Waals surface area (Å²) in [6.07, 6.45) is 1.03. The van der Waals surface area contributed by atoms with Gasteiger partial charge in [-0.1, -0.05) is 15.9 Å². The Bertz CT molecular complexity index is 736. The highest BCUT2D eigenvalue weighted by Crippen LogP contribution is 2.33. The number of hydrogen-bond acceptors (Lipinski definition) is 5. The molecule has 0 unspecified atom stereocenters. The second-order valence-corrected chi connectivity index (χ2v) is 5.56. The second-order valence-electron chi connectivity index (χ2n) is 3.79. The van der Waals surface area contributed by atoms with Gasteiger partial charge in [0.25, 0.3) is 5.69 Å². The van der Waals surface area contributed by atoms with Gasteiger partial charge in [0.2, 0.25) is 5.88 Å². The minimum absolute atomic E-state index is 0.0289. The van der Waals surface area contributed by atoms with Gasteiger partial charge in [-0.15, -0.1) is 0 Å². The summed E-state index contributed by atoms with van der Waals surface area (Å²) in [6.45, 7) is 0. The molecular weight excluding hydrogens is 412 g/mol. The predicted octanol–water partition coefficient (Wildman–Crippen LogP) is 4.01. The number of carboxylic acids is 1. The van der Waals surface area contributed by atoms with Gasteiger partial charge >= 0.3 is 5.97 Å². The molecule has 0 amide bonds. The zero-order valence-electron chi connectivity index (χ0n) is 10.1. The lowest BCUT2D eigenvalue weighted by Crippen LogP contribution is -2.01. The molecular formula is C12H6Br2N2O5. The van der Waals surface area contributed by atoms with E-state index in [9.17, 15) is 14.9 Å². The van der Waals surface area contributed by atoms with Gasteiger partial charge < -0.3 is 9.84 Å². The minimum Gasteiger partial charge on any atom is -0.478 e. The van der Waals surface area contributed by atoms with E-state index in [1.807, 2.05) is 0 Å². The van der Waals surface area contributed by atoms with E-state index in [4.69, 9.17) is 9.84 Å². The normalized spacial score (nSPS) is 10.2. The van der Waals surface area contributed by atoms with E-state index in [-0.39, 0.29) is 27.4 Å². The first-order valence-corrected chi connectivity index (χ1v) is 6.97. The molecule has 0 saturated heterocycles. The summed E-state index contributed by atoms with van der Waals surface area (Å²) in [5, 5.41) is 19.7. The van der Waals surface area contributed by atoms with Crippen LogP contribution in [-0.4, -0.2) is 21.0 Å². The summed E-state index contributed by atoms with van der Waals surface area (Å²) in [6, 6.07) is 5.63. The minimum atomic E-state index is -1.16. The fourth-order valence-corrected chi connectivity index (χ4v) is 2.21. The third kappa shape index (κ3) is 3.56. The Balaban J connectivity index is 2.40. The van der Waals surface area contributed by atoms with Crippen LogP contribution in [0.4, 0.5) is 5.69 Å². The van der Waals surface area contributed by atoms with Crippen LogP contribution in [-0.2, 0) is 0 Å². The molecule has 0 radical (unpaired) electrons. The van der Waals surface area contributed by atoms with Crippen molar-refractivity contribution in [2.45, 2.75) is 0 Å². The molecule has 9 heteroatoms. The van der Waals surface area contributed by atoms with Crippen LogP contribution in [0.3, 0.4) is 0 Å². The molecule has 0 atom stereocenters. The molecule has 0 saturated carbocycles. The van der Waals surface area contributed by atoms with Gasteiger partial charge in [-0.3, -0.25) is 10.1 Å². The highest BCUT2D eigenvalue weighted by molar-refractivity contribution is 9.10. The molecule has 0 spiro atoms. The Kier molecular flexibility index (Phi) is 4.53. The van der Waals surface area contributed by atoms with Crippen molar-refractivity contribution >= 4 is 43.5 Å². The number of aromatic carboxylic acids is 1. The SMILES string of the molecule is O=C(O)c1ccc(Br)cc1Oc1ncc([N+](=O)[O-])cc1Br. The number of benzene rings is 1. The monoisotopic (exact) mass is 416 g/mol. The van der Waals surface area contributed by atoms with Crippen LogP contribution in [0.2, 0.25) is 0 Å². The van der Waals surface area contributed by atoms with Crippen LogP contribution in [0.5, 0.6) is 11.6 Å². The van der Waals surface area contributed by atoms with Crippen molar-refractivity contribution in [2.75, 3.05) is 0 Å². The molecule has 0 aliphatic carbocycles. The number of hydrogen-bond donors (Lipinski definition) is 1. The highest BCUT2D eigenvalue weighted by Gasteiger charge is 2.16. The zero-order chi connectivity index (χ0) is 15.6. The molecule has 0 bridgehead atoms. The Morgan fingerprint density at radius 2 is 2.05 bits per heavy atom. The molecule has 1 aromatic heterocycles. The van der Waals surface area contributed by atoms with Crippen molar-refractivity contribution in [3.05, 3.63) is 55.1 Å². The van der Waals surface area contributed by atoms with Crippen molar-refractivity contribution in [3.8, 4) is 11.6 Å². The average Bonchev–Trinajstić information content (AvgIpc) is 2.40. The van der Waals surface area contributed by atoms with Crippen molar-refractivity contribution in [1.82, 2.24) is 4.98 Å². The molecule has 108 valence electrons. The van der Waals surface area contributed by atoms with E-state index >= 15 is 0 Å². The number of nitrogens with zero attached hydrogens (tertiary/aromatic N) is 2. The summed E-state index contributed by atoms with van der Waals surface area (Å²) >= 11 is 6.32. The van der Waals surface area contributed by atoms with Crippen LogP contribution < -0.4 is 4.74 Å². The first-order chi connectivity index (χ1) is 9.88. The van der Waals surface area contributed by atoms with E-state index in [0.29, 0.717) is 4.47 Å². The number of nitro groups is 1. The maximum Gasteiger partial charge on any atom is 0.339 e. The van der Waals surface area contributed by atoms with E-state index in [1.54, 1.807) is 6.07 Å². The predicted molar refractivity (Wildman–Crippen MR) is 79.8 cm³/mol. The highest BCUT2D eigenvalue weighted by atomic mass is 79.9. The van der Waals surface area contributed by atoms with Gasteiger partial charge in [0.15, 0.2) is 0 Å². The maximum absolute atomic E-state index is 11.1. The first kappa shape index (κ1) is 15.4. The molecule has 0 aliphatic rings. The Morgan fingerprint density at radius 1 is 1.33 bits per heavy atom. The molecule has 21 heavy (non-hydrogen) atoms. The van der Waals surface area contributed by atoms with Gasteiger partial charge in [-0.05, 0) is 34.1 Å². The Morgan fingerprint density at radius 3 is 2.62 bits per heavy atom. The quantitative estimate of drug-likeness (QED) is 0.595. The number of carbonyl (C=O) groups is 1. The van der Waals surface area contributed by atoms with Crippen molar-refractivity contribution in [3.63, 3.8) is 0 Å². The molecule has 1 N–H and O–H groups in total. The number of rotatable bonds is 4. The maximum atomic E-state index is 11.1. The standard InChI is InChI=1S/C12H6Br2N2O5/c13-6-1-2-8(12(17)18)10(3-6)21-11-9(14)4-7(5-15-11)16(19)20/h1-5H,(H,17,18). The number of ether oxygens (including phenoxy) is 1. The van der Waals surface area contributed by atoms with Gasteiger partial charge in [0, 0.05) is 10.5 Å². The van der Waals surface area contributed by atoms with Crippen LogP contribution in [0.15, 0.2) is 39.4 Å². The van der Waals surface area contributed by atoms with Gasteiger partial charge in [-0.2, -0.15) is 0 Å². The van der Waals surface area contributed by atoms with Gasteiger partial charge in [0.05, 0.1) is 9.40 Å². The summed E-state index contributed by atoms with van der Waals surface area (Å²) in [5.41, 5.74) is -0.257. The molecule has 1 heterocycles. The molecule has 2 rings (SSSR count). The van der Waals surface area contributed by atoms with Crippen LogP contribution in [0.25, 0.3) is 0 Å². The second kappa shape index (κ2) is 6.19. The average molecular weight is 418 g/mol. The summed E-state index contributed by atoms with van der Waals surface area (Å²) in [7, 11) is 0. The van der Waals surface area contributed by atoms with Gasteiger partial charge in [0.1, 0.15) is 17.5 Å². The lowest BCUT2D eigenvalue weighted by Gasteiger charge is -2.09. The van der Waals surface area contributed by atoms with Crippen LogP contribution in [0, 0.1) is 10.1 Å². The first-order valence-electron chi connectivity index (χ1n) is 5.39. The number of aromatic nitrogens is 1. The summed E-state index contributed by atoms with van der Waals surface area (Å²) in [4.78, 5) is 25.0. The largest absolute Gasteiger partial charge is 0.478 e. The Hall–Kier alpha value is -2.00. The molecule has 0 aliphatic heterocycles. The van der Waals surface area contributed by atoms with Crippen molar-refractivity contribution in [2.24, 2.45) is 0 Å². The third-order valence-electron chi connectivity index (χ3n) is 2.38. The number of carboxylic acid groups (broad SMARTS) is 1. The fraction of sp³-hybridized carbons (Fsp3) is 0. The van der Waals surface area contributed by atoms with E-state index in [1.165, 1.54) is 18.2 Å². The molecule has 1 aromatic carbocycles. The molecule has 2 aromatic rings. The lowest BCUT2D eigenvalue weighted by atomic mass is 10.2. The van der Waals surface area contributed by atoms with E-state index in [2.05, 4.69) is 36.8 Å². The molecule has 0 fully saturated rings. The van der Waals surface area contributed by atoms with Crippen molar-refractivity contribution in [1.29, 1.82) is 0 Å². The van der Waals surface area contributed by atoms with Crippen LogP contribution in [0.1, 0.15) is 10.4 Å².